The van der Waals surface area contributed by atoms with Crippen LogP contribution >= 0.6 is 0 Å². The second kappa shape index (κ2) is 4.00. The minimum absolute atomic E-state index is 0.241. The molecule has 0 saturated heterocycles. The quantitative estimate of drug-likeness (QED) is 0.606. The summed E-state index contributed by atoms with van der Waals surface area (Å²) in [4.78, 5) is 0. The molecule has 1 atom stereocenters. The number of nitrogens with one attached hydrogen (secondary N) is 1. The molecular weight excluding hydrogens is 212 g/mol. The van der Waals surface area contributed by atoms with Crippen LogP contribution in [0.4, 0.5) is 0 Å². The Morgan fingerprint density at radius 1 is 1.41 bits per heavy atom. The highest BCUT2D eigenvalue weighted by molar-refractivity contribution is 5.33. The molecule has 0 heterocycles. The summed E-state index contributed by atoms with van der Waals surface area (Å²) in [6, 6.07) is 8.60. The predicted molar refractivity (Wildman–Crippen MR) is 67.5 cm³/mol. The van der Waals surface area contributed by atoms with Crippen molar-refractivity contribution in [1.29, 1.82) is 0 Å². The molecule has 0 spiro atoms. The van der Waals surface area contributed by atoms with Crippen LogP contribution in [0.5, 0.6) is 5.75 Å². The molecule has 92 valence electrons. The van der Waals surface area contributed by atoms with Gasteiger partial charge in [0, 0.05) is 0 Å². The summed E-state index contributed by atoms with van der Waals surface area (Å²) >= 11 is 0. The van der Waals surface area contributed by atoms with E-state index >= 15 is 0 Å². The van der Waals surface area contributed by atoms with Gasteiger partial charge in [0.1, 0.15) is 5.75 Å². The van der Waals surface area contributed by atoms with Gasteiger partial charge >= 0.3 is 0 Å². The normalized spacial score (nSPS) is 23.2. The van der Waals surface area contributed by atoms with E-state index < -0.39 is 0 Å². The van der Waals surface area contributed by atoms with Gasteiger partial charge in [-0.25, -0.2) is 0 Å². The maximum atomic E-state index is 5.83. The van der Waals surface area contributed by atoms with E-state index in [-0.39, 0.29) is 6.04 Å². The number of benzene rings is 1. The Morgan fingerprint density at radius 2 is 2.18 bits per heavy atom. The smallest absolute Gasteiger partial charge is 0.120 e. The monoisotopic (exact) mass is 232 g/mol. The van der Waals surface area contributed by atoms with Crippen LogP contribution in [0.15, 0.2) is 24.3 Å². The molecule has 2 saturated carbocycles. The van der Waals surface area contributed by atoms with Crippen LogP contribution in [-0.2, 0) is 0 Å². The SMILES string of the molecule is CC1(C(NN)c2cccc(OC3CC3)c2)CC1. The average Bonchev–Trinajstić information content (AvgIpc) is 3.20. The first-order valence-corrected chi connectivity index (χ1v) is 6.44. The zero-order valence-electron chi connectivity index (χ0n) is 10.3. The largest absolute Gasteiger partial charge is 0.490 e. The standard InChI is InChI=1S/C14H20N2O/c1-14(7-8-14)13(16-15)10-3-2-4-12(9-10)17-11-5-6-11/h2-4,9,11,13,16H,5-8,15H2,1H3. The summed E-state index contributed by atoms with van der Waals surface area (Å²) in [5, 5.41) is 0. The first kappa shape index (κ1) is 11.1. The van der Waals surface area contributed by atoms with E-state index in [1.54, 1.807) is 0 Å². The summed E-state index contributed by atoms with van der Waals surface area (Å²) < 4.78 is 5.83. The lowest BCUT2D eigenvalue weighted by Gasteiger charge is -2.23. The Labute approximate surface area is 102 Å². The Balaban J connectivity index is 1.80. The Morgan fingerprint density at radius 3 is 2.76 bits per heavy atom. The fourth-order valence-corrected chi connectivity index (χ4v) is 2.33. The predicted octanol–water partition coefficient (Wildman–Crippen LogP) is 2.53. The van der Waals surface area contributed by atoms with Crippen LogP contribution in [0.3, 0.4) is 0 Å². The molecule has 0 radical (unpaired) electrons. The lowest BCUT2D eigenvalue weighted by molar-refractivity contribution is 0.301. The van der Waals surface area contributed by atoms with Crippen LogP contribution in [0.1, 0.15) is 44.2 Å². The van der Waals surface area contributed by atoms with E-state index in [1.165, 1.54) is 31.2 Å². The molecule has 17 heavy (non-hydrogen) atoms. The fraction of sp³-hybridized carbons (Fsp3) is 0.571. The van der Waals surface area contributed by atoms with E-state index in [0.717, 1.165) is 5.75 Å². The van der Waals surface area contributed by atoms with Crippen molar-refractivity contribution in [2.24, 2.45) is 11.3 Å². The molecule has 2 fully saturated rings. The van der Waals surface area contributed by atoms with Gasteiger partial charge in [0.2, 0.25) is 0 Å². The highest BCUT2D eigenvalue weighted by Crippen LogP contribution is 2.54. The lowest BCUT2D eigenvalue weighted by Crippen LogP contribution is -2.33. The van der Waals surface area contributed by atoms with Gasteiger partial charge in [0.15, 0.2) is 0 Å². The van der Waals surface area contributed by atoms with Gasteiger partial charge in [-0.15, -0.1) is 0 Å². The van der Waals surface area contributed by atoms with E-state index in [0.29, 0.717) is 11.5 Å². The Hall–Kier alpha value is -1.06. The molecule has 0 aromatic heterocycles. The van der Waals surface area contributed by atoms with Gasteiger partial charge < -0.3 is 4.74 Å². The van der Waals surface area contributed by atoms with Crippen molar-refractivity contribution < 1.29 is 4.74 Å². The van der Waals surface area contributed by atoms with Crippen molar-refractivity contribution in [2.75, 3.05) is 0 Å². The van der Waals surface area contributed by atoms with Crippen molar-refractivity contribution >= 4 is 0 Å². The van der Waals surface area contributed by atoms with Gasteiger partial charge in [-0.3, -0.25) is 11.3 Å². The van der Waals surface area contributed by atoms with E-state index in [1.807, 2.05) is 6.07 Å². The molecule has 0 amide bonds. The molecule has 1 aromatic rings. The minimum Gasteiger partial charge on any atom is -0.490 e. The zero-order chi connectivity index (χ0) is 11.9. The van der Waals surface area contributed by atoms with Gasteiger partial charge in [-0.2, -0.15) is 0 Å². The van der Waals surface area contributed by atoms with Crippen molar-refractivity contribution in [3.63, 3.8) is 0 Å². The summed E-state index contributed by atoms with van der Waals surface area (Å²) in [6.45, 7) is 2.28. The van der Waals surface area contributed by atoms with Crippen LogP contribution in [0, 0.1) is 5.41 Å². The van der Waals surface area contributed by atoms with Gasteiger partial charge in [0.05, 0.1) is 12.1 Å². The van der Waals surface area contributed by atoms with Crippen molar-refractivity contribution in [3.05, 3.63) is 29.8 Å². The molecule has 1 unspecified atom stereocenters. The number of hydrogen-bond donors (Lipinski definition) is 2. The molecule has 2 aliphatic carbocycles. The molecule has 0 aliphatic heterocycles. The summed E-state index contributed by atoms with van der Waals surface area (Å²) in [7, 11) is 0. The number of ether oxygens (including phenoxy) is 1. The summed E-state index contributed by atoms with van der Waals surface area (Å²) in [6.07, 6.45) is 5.33. The third-order valence-electron chi connectivity index (χ3n) is 3.92. The number of rotatable bonds is 5. The first-order chi connectivity index (χ1) is 8.21. The van der Waals surface area contributed by atoms with E-state index in [9.17, 15) is 0 Å². The van der Waals surface area contributed by atoms with Gasteiger partial charge in [-0.1, -0.05) is 19.1 Å². The van der Waals surface area contributed by atoms with Crippen molar-refractivity contribution in [1.82, 2.24) is 5.43 Å². The van der Waals surface area contributed by atoms with Crippen LogP contribution < -0.4 is 16.0 Å². The van der Waals surface area contributed by atoms with Gasteiger partial charge in [-0.05, 0) is 48.8 Å². The molecular formula is C14H20N2O. The molecule has 3 heteroatoms. The summed E-state index contributed by atoms with van der Waals surface area (Å²) in [5.41, 5.74) is 4.53. The fourth-order valence-electron chi connectivity index (χ4n) is 2.33. The molecule has 3 N–H and O–H groups in total. The van der Waals surface area contributed by atoms with Crippen molar-refractivity contribution in [2.45, 2.75) is 44.8 Å². The maximum Gasteiger partial charge on any atom is 0.120 e. The van der Waals surface area contributed by atoms with E-state index in [4.69, 9.17) is 10.6 Å². The molecule has 1 aromatic carbocycles. The van der Waals surface area contributed by atoms with Crippen LogP contribution in [-0.4, -0.2) is 6.10 Å². The van der Waals surface area contributed by atoms with Gasteiger partial charge in [0.25, 0.3) is 0 Å². The molecule has 3 rings (SSSR count). The number of hydrogen-bond acceptors (Lipinski definition) is 3. The highest BCUT2D eigenvalue weighted by atomic mass is 16.5. The third-order valence-corrected chi connectivity index (χ3v) is 3.92. The number of hydrazine groups is 1. The summed E-state index contributed by atoms with van der Waals surface area (Å²) in [5.74, 6) is 6.68. The molecule has 0 bridgehead atoms. The number of nitrogens with two attached hydrogens (primary N) is 1. The lowest BCUT2D eigenvalue weighted by atomic mass is 9.92. The molecule has 2 aliphatic rings. The third kappa shape index (κ3) is 2.31. The second-order valence-electron chi connectivity index (χ2n) is 5.64. The maximum absolute atomic E-state index is 5.83. The topological polar surface area (TPSA) is 47.3 Å². The molecule has 3 nitrogen and oxygen atoms in total. The Bertz CT molecular complexity index is 410. The van der Waals surface area contributed by atoms with Crippen LogP contribution in [0.2, 0.25) is 0 Å². The minimum atomic E-state index is 0.241. The second-order valence-corrected chi connectivity index (χ2v) is 5.64. The van der Waals surface area contributed by atoms with Crippen molar-refractivity contribution in [3.8, 4) is 5.75 Å². The van der Waals surface area contributed by atoms with E-state index in [2.05, 4.69) is 30.5 Å². The zero-order valence-corrected chi connectivity index (χ0v) is 10.3. The first-order valence-electron chi connectivity index (χ1n) is 6.44. The van der Waals surface area contributed by atoms with Crippen LogP contribution in [0.25, 0.3) is 0 Å². The highest BCUT2D eigenvalue weighted by Gasteiger charge is 2.45. The Kier molecular flexibility index (Phi) is 2.60. The average molecular weight is 232 g/mol.